The van der Waals surface area contributed by atoms with E-state index in [9.17, 15) is 36.9 Å². The number of urea groups is 1. The van der Waals surface area contributed by atoms with Gasteiger partial charge < -0.3 is 35.5 Å². The molecule has 0 saturated carbocycles. The molecule has 0 fully saturated rings. The molecule has 2 aromatic carbocycles. The number of carbonyl (C=O) groups excluding carboxylic acids is 2. The molecule has 23 heteroatoms. The van der Waals surface area contributed by atoms with Gasteiger partial charge >= 0.3 is 18.0 Å². The number of benzene rings is 2. The number of nitrogens with two attached hydrogens (primary N) is 1. The summed E-state index contributed by atoms with van der Waals surface area (Å²) in [5.41, 5.74) is 7.93. The van der Waals surface area contributed by atoms with Crippen LogP contribution in [0.3, 0.4) is 0 Å². The lowest BCUT2D eigenvalue weighted by Gasteiger charge is -2.28. The summed E-state index contributed by atoms with van der Waals surface area (Å²) in [7, 11) is -3.10. The summed E-state index contributed by atoms with van der Waals surface area (Å²) < 4.78 is 63.0. The Kier molecular flexibility index (Phi) is 15.7. The van der Waals surface area contributed by atoms with E-state index >= 15 is 0 Å². The second-order valence-electron chi connectivity index (χ2n) is 14.3. The number of pyridine rings is 1. The zero-order chi connectivity index (χ0) is 45.2. The fourth-order valence-corrected chi connectivity index (χ4v) is 7.10. The first-order chi connectivity index (χ1) is 28.6. The van der Waals surface area contributed by atoms with Crippen LogP contribution in [0.2, 0.25) is 0 Å². The van der Waals surface area contributed by atoms with E-state index in [4.69, 9.17) is 32.0 Å². The number of nitrogens with zero attached hydrogens (tertiary/aromatic N) is 6. The fraction of sp³-hybridized carbons (Fsp3) is 0.316. The lowest BCUT2D eigenvalue weighted by Crippen LogP contribution is -2.39. The normalized spacial score (nSPS) is 15.5. The number of carbonyl (C=O) groups is 4. The topological polar surface area (TPSA) is 264 Å². The van der Waals surface area contributed by atoms with Gasteiger partial charge in [-0.15, -0.1) is 6.42 Å². The zero-order valence-electron chi connectivity index (χ0n) is 33.1. The molecule has 0 saturated heterocycles. The zero-order valence-corrected chi connectivity index (χ0v) is 34.8. The maximum absolute atomic E-state index is 14.5. The van der Waals surface area contributed by atoms with Gasteiger partial charge in [0.25, 0.3) is 5.91 Å². The van der Waals surface area contributed by atoms with E-state index in [1.165, 1.54) is 60.5 Å². The Morgan fingerprint density at radius 3 is 2.48 bits per heavy atom. The minimum atomic E-state index is -3.10. The molecule has 7 N–H and O–H groups in total. The molecule has 0 spiro atoms. The molecule has 18 nitrogen and oxygen atoms in total. The van der Waals surface area contributed by atoms with Crippen LogP contribution in [-0.2, 0) is 27.1 Å². The Labute approximate surface area is 350 Å². The van der Waals surface area contributed by atoms with Crippen LogP contribution in [0, 0.1) is 35.2 Å². The number of terminal acetylenes is 1. The Morgan fingerprint density at radius 1 is 1.16 bits per heavy atom. The first-order valence-electron chi connectivity index (χ1n) is 17.9. The van der Waals surface area contributed by atoms with E-state index < -0.39 is 48.8 Å². The number of anilines is 2. The highest BCUT2D eigenvalue weighted by Gasteiger charge is 2.31. The number of aromatic carboxylic acids is 1. The van der Waals surface area contributed by atoms with Gasteiger partial charge in [0.1, 0.15) is 40.6 Å². The summed E-state index contributed by atoms with van der Waals surface area (Å²) in [4.78, 5) is 64.1. The van der Waals surface area contributed by atoms with Gasteiger partial charge in [0.2, 0.25) is 4.80 Å². The Balaban J connectivity index is 0.000000218. The molecule has 61 heavy (non-hydrogen) atoms. The number of aromatic nitrogens is 3. The van der Waals surface area contributed by atoms with Gasteiger partial charge in [-0.25, -0.2) is 33.2 Å². The lowest BCUT2D eigenvalue weighted by atomic mass is 9.92. The molecule has 4 heterocycles. The number of rotatable bonds is 10. The average Bonchev–Trinajstić information content (AvgIpc) is 3.68. The van der Waals surface area contributed by atoms with Crippen molar-refractivity contribution in [2.24, 2.45) is 21.2 Å². The van der Waals surface area contributed by atoms with Crippen molar-refractivity contribution >= 4 is 65.6 Å². The standard InChI is InChI=1S/C18H17FN4O2S.C15H12F2N4O3.C5H12NO4P/c1-4-5-22-13-7-12(11(19)6-14(13)25-9-16(22)24)20-17-23-10-18(2,3)8-15(23)21-26-17;1-8(13-12(14(22)23)3-2-4-18-13)20-21-15(24)19-11-6-9(16)5-10(17)7-11;1-11(9,10)3-2-4(6)5(7)8/h1,6-7H,5,8-10H2,2-3H3;2-7H,1H3,(H,22,23)(H2,19,21,24);4H,2-3,6H2,1H3,(H,7,8)(H,9,10)/b20-17-;20-8+;. The molecule has 6 rings (SSSR count). The number of carboxylic acids is 2. The van der Waals surface area contributed by atoms with Crippen LogP contribution in [0.15, 0.2) is 58.8 Å². The Morgan fingerprint density at radius 2 is 1.85 bits per heavy atom. The quantitative estimate of drug-likeness (QED) is 0.0555. The van der Waals surface area contributed by atoms with Crippen molar-refractivity contribution in [1.82, 2.24) is 19.4 Å². The van der Waals surface area contributed by atoms with E-state index in [1.807, 2.05) is 4.57 Å². The van der Waals surface area contributed by atoms with E-state index in [0.717, 1.165) is 30.9 Å². The molecule has 0 aliphatic carbocycles. The largest absolute Gasteiger partial charge is 0.481 e. The summed E-state index contributed by atoms with van der Waals surface area (Å²) in [6.07, 6.45) is 7.60. The summed E-state index contributed by atoms with van der Waals surface area (Å²) in [5, 5.41) is 23.3. The molecule has 2 atom stereocenters. The van der Waals surface area contributed by atoms with Crippen molar-refractivity contribution in [3.8, 4) is 18.1 Å². The van der Waals surface area contributed by atoms with Crippen molar-refractivity contribution in [1.29, 1.82) is 0 Å². The van der Waals surface area contributed by atoms with Gasteiger partial charge in [0, 0.05) is 61.3 Å². The molecule has 0 bridgehead atoms. The van der Waals surface area contributed by atoms with Crippen LogP contribution in [0.25, 0.3) is 0 Å². The molecule has 2 aromatic heterocycles. The Bertz CT molecular complexity index is 2500. The second-order valence-corrected chi connectivity index (χ2v) is 17.6. The number of amides is 3. The van der Waals surface area contributed by atoms with E-state index in [1.54, 1.807) is 0 Å². The highest BCUT2D eigenvalue weighted by atomic mass is 32.1. The molecule has 4 aromatic rings. The summed E-state index contributed by atoms with van der Waals surface area (Å²) in [6, 6.07) is 6.20. The van der Waals surface area contributed by atoms with Crippen LogP contribution >= 0.6 is 18.9 Å². The Hall–Kier alpha value is -6.40. The molecule has 0 radical (unpaired) electrons. The molecular weight excluding hydrogens is 847 g/mol. The van der Waals surface area contributed by atoms with Gasteiger partial charge in [-0.3, -0.25) is 24.0 Å². The van der Waals surface area contributed by atoms with E-state index in [2.05, 4.69) is 50.0 Å². The van der Waals surface area contributed by atoms with Gasteiger partial charge in [-0.2, -0.15) is 9.47 Å². The highest BCUT2D eigenvalue weighted by molar-refractivity contribution is 7.57. The number of nitrogens with one attached hydrogen (secondary N) is 2. The minimum absolute atomic E-state index is 0.0412. The van der Waals surface area contributed by atoms with Gasteiger partial charge in [-0.1, -0.05) is 19.8 Å². The number of hydrogen-bond acceptors (Lipinski definition) is 12. The number of hydrogen-bond donors (Lipinski definition) is 6. The van der Waals surface area contributed by atoms with Crippen molar-refractivity contribution < 1.29 is 56.8 Å². The number of aliphatic carboxylic acids is 1. The molecule has 3 amide bonds. The monoisotopic (exact) mass is 887 g/mol. The third kappa shape index (κ3) is 13.6. The molecule has 2 unspecified atom stereocenters. The van der Waals surface area contributed by atoms with Crippen molar-refractivity contribution in [2.75, 3.05) is 36.2 Å². The number of fused-ring (bicyclic) bond motifs is 2. The summed E-state index contributed by atoms with van der Waals surface area (Å²) in [6.45, 7) is 7.69. The van der Waals surface area contributed by atoms with Crippen molar-refractivity contribution in [3.63, 3.8) is 0 Å². The van der Waals surface area contributed by atoms with Gasteiger partial charge in [0.15, 0.2) is 19.8 Å². The first kappa shape index (κ1) is 47.3. The first-order valence-corrected chi connectivity index (χ1v) is 21.0. The fourth-order valence-electron chi connectivity index (χ4n) is 5.59. The summed E-state index contributed by atoms with van der Waals surface area (Å²) in [5.74, 6) is -1.09. The molecular formula is C38H41F3N9O9PS. The SMILES string of the molecule is C#CCN1C(=O)COc2cc(F)c(/N=c3\snc4n3CC(C)(C)C4)cc21.C/C(=N\NC(=O)Nc1cc(F)cc(F)c1)c1ncccc1C(=O)O.CP(=O)(O)CCC(N)C(=O)O. The van der Waals surface area contributed by atoms with Crippen molar-refractivity contribution in [2.45, 2.75) is 46.2 Å². The predicted molar refractivity (Wildman–Crippen MR) is 219 cm³/mol. The average molecular weight is 888 g/mol. The number of carboxylic acid groups (broad SMARTS) is 2. The van der Waals surface area contributed by atoms with Gasteiger partial charge in [0.05, 0.1) is 23.5 Å². The molecule has 2 aliphatic heterocycles. The van der Waals surface area contributed by atoms with Crippen LogP contribution < -0.4 is 30.9 Å². The predicted octanol–water partition coefficient (Wildman–Crippen LogP) is 4.55. The third-order valence-corrected chi connectivity index (χ3v) is 10.3. The number of ether oxygens (including phenoxy) is 1. The van der Waals surface area contributed by atoms with Crippen LogP contribution in [-0.4, -0.2) is 90.6 Å². The number of halogens is 3. The second kappa shape index (κ2) is 20.2. The van der Waals surface area contributed by atoms with Crippen molar-refractivity contribution in [3.05, 3.63) is 88.0 Å². The smallest absolute Gasteiger partial charge is 0.339 e. The summed E-state index contributed by atoms with van der Waals surface area (Å²) >= 11 is 1.24. The molecule has 2 aliphatic rings. The number of hydrazone groups is 1. The van der Waals surface area contributed by atoms with E-state index in [0.29, 0.717) is 22.3 Å². The maximum Gasteiger partial charge on any atom is 0.339 e. The minimum Gasteiger partial charge on any atom is -0.481 e. The maximum atomic E-state index is 14.5. The van der Waals surface area contributed by atoms with Crippen LogP contribution in [0.4, 0.5) is 35.0 Å². The lowest BCUT2D eigenvalue weighted by molar-refractivity contribution is -0.138. The van der Waals surface area contributed by atoms with E-state index in [-0.39, 0.29) is 65.4 Å². The van der Waals surface area contributed by atoms with Crippen LogP contribution in [0.5, 0.6) is 5.75 Å². The third-order valence-electron chi connectivity index (χ3n) is 8.43. The highest BCUT2D eigenvalue weighted by Crippen LogP contribution is 2.38. The van der Waals surface area contributed by atoms with Gasteiger partial charge in [-0.05, 0) is 49.1 Å². The van der Waals surface area contributed by atoms with Crippen LogP contribution in [0.1, 0.15) is 49.1 Å². The molecule has 324 valence electrons.